The summed E-state index contributed by atoms with van der Waals surface area (Å²) in [7, 11) is -4.02. The molecule has 0 aliphatic rings. The second-order valence-electron chi connectivity index (χ2n) is 6.32. The Hall–Kier alpha value is -3.07. The summed E-state index contributed by atoms with van der Waals surface area (Å²) in [6.45, 7) is 2.05. The molecule has 0 saturated heterocycles. The fourth-order valence-electron chi connectivity index (χ4n) is 2.56. The van der Waals surface area contributed by atoms with Crippen LogP contribution < -0.4 is 14.3 Å². The Morgan fingerprint density at radius 3 is 2.44 bits per heavy atom. The second kappa shape index (κ2) is 10.5. The normalized spacial score (nSPS) is 11.3. The molecule has 0 aliphatic heterocycles. The van der Waals surface area contributed by atoms with Crippen LogP contribution in [0.15, 0.2) is 76.7 Å². The number of carbonyl (C=O) groups is 1. The Kier molecular flexibility index (Phi) is 7.74. The Morgan fingerprint density at radius 1 is 1.00 bits per heavy atom. The number of hydrogen-bond acceptors (Lipinski definition) is 6. The molecule has 1 amide bonds. The highest BCUT2D eigenvalue weighted by atomic mass is 35.5. The number of carbonyl (C=O) groups excluding carboxylic acids is 1. The van der Waals surface area contributed by atoms with Crippen LogP contribution in [0.3, 0.4) is 0 Å². The van der Waals surface area contributed by atoms with Gasteiger partial charge in [0.05, 0.1) is 22.9 Å². The van der Waals surface area contributed by atoms with Gasteiger partial charge in [-0.15, -0.1) is 0 Å². The van der Waals surface area contributed by atoms with E-state index in [9.17, 15) is 13.2 Å². The first-order chi connectivity index (χ1) is 15.3. The van der Waals surface area contributed by atoms with E-state index < -0.39 is 16.0 Å². The zero-order chi connectivity index (χ0) is 23.1. The molecule has 0 unspecified atom stereocenters. The van der Waals surface area contributed by atoms with E-state index in [1.165, 1.54) is 42.6 Å². The van der Waals surface area contributed by atoms with Gasteiger partial charge >= 0.3 is 10.1 Å². The SMILES string of the molecule is CCOc1cc(/C=N\NC(=O)c2ccc(Cl)c(Cl)c2)ccc1OS(=O)(=O)c1ccccc1. The lowest BCUT2D eigenvalue weighted by molar-refractivity contribution is 0.0955. The zero-order valence-electron chi connectivity index (χ0n) is 16.8. The molecule has 32 heavy (non-hydrogen) atoms. The molecule has 0 saturated carbocycles. The van der Waals surface area contributed by atoms with Gasteiger partial charge in [0.1, 0.15) is 4.90 Å². The van der Waals surface area contributed by atoms with E-state index in [1.54, 1.807) is 37.3 Å². The van der Waals surface area contributed by atoms with E-state index >= 15 is 0 Å². The van der Waals surface area contributed by atoms with Gasteiger partial charge in [-0.05, 0) is 61.0 Å². The van der Waals surface area contributed by atoms with Gasteiger partial charge in [0.2, 0.25) is 0 Å². The Labute approximate surface area is 195 Å². The molecular weight excluding hydrogens is 475 g/mol. The standard InChI is InChI=1S/C22H18Cl2N2O5S/c1-2-30-21-12-15(14-25-26-22(27)16-9-10-18(23)19(24)13-16)8-11-20(21)31-32(28,29)17-6-4-3-5-7-17/h3-14H,2H2,1H3,(H,26,27)/b25-14-. The van der Waals surface area contributed by atoms with Crippen molar-refractivity contribution in [3.63, 3.8) is 0 Å². The molecule has 1 N–H and O–H groups in total. The van der Waals surface area contributed by atoms with Gasteiger partial charge in [-0.25, -0.2) is 5.43 Å². The largest absolute Gasteiger partial charge is 0.490 e. The lowest BCUT2D eigenvalue weighted by atomic mass is 10.2. The molecule has 3 aromatic rings. The number of hydrogen-bond donors (Lipinski definition) is 1. The number of nitrogens with one attached hydrogen (secondary N) is 1. The summed E-state index contributed by atoms with van der Waals surface area (Å²) in [4.78, 5) is 12.2. The van der Waals surface area contributed by atoms with Crippen molar-refractivity contribution in [1.29, 1.82) is 0 Å². The van der Waals surface area contributed by atoms with Crippen LogP contribution in [0.1, 0.15) is 22.8 Å². The average Bonchev–Trinajstić information content (AvgIpc) is 2.78. The van der Waals surface area contributed by atoms with E-state index in [4.69, 9.17) is 32.1 Å². The van der Waals surface area contributed by atoms with Crippen molar-refractivity contribution < 1.29 is 22.1 Å². The fraction of sp³-hybridized carbons (Fsp3) is 0.0909. The van der Waals surface area contributed by atoms with Crippen molar-refractivity contribution in [3.8, 4) is 11.5 Å². The Balaban J connectivity index is 1.75. The molecule has 0 atom stereocenters. The maximum Gasteiger partial charge on any atom is 0.339 e. The summed E-state index contributed by atoms with van der Waals surface area (Å²) in [5, 5.41) is 4.50. The van der Waals surface area contributed by atoms with Crippen LogP contribution in [-0.2, 0) is 10.1 Å². The minimum Gasteiger partial charge on any atom is -0.490 e. The number of rotatable bonds is 8. The predicted octanol–water partition coefficient (Wildman–Crippen LogP) is 4.92. The average molecular weight is 493 g/mol. The minimum absolute atomic E-state index is 0.0260. The Morgan fingerprint density at radius 2 is 1.75 bits per heavy atom. The van der Waals surface area contributed by atoms with Crippen molar-refractivity contribution in [2.24, 2.45) is 5.10 Å². The molecule has 7 nitrogen and oxygen atoms in total. The van der Waals surface area contributed by atoms with Crippen molar-refractivity contribution in [1.82, 2.24) is 5.43 Å². The van der Waals surface area contributed by atoms with Gasteiger partial charge in [-0.1, -0.05) is 41.4 Å². The third-order valence-electron chi connectivity index (χ3n) is 4.06. The number of benzene rings is 3. The third kappa shape index (κ3) is 6.00. The van der Waals surface area contributed by atoms with Gasteiger partial charge in [-0.2, -0.15) is 13.5 Å². The molecule has 166 valence electrons. The van der Waals surface area contributed by atoms with Crippen LogP contribution >= 0.6 is 23.2 Å². The number of nitrogens with zero attached hydrogens (tertiary/aromatic N) is 1. The highest BCUT2D eigenvalue weighted by Crippen LogP contribution is 2.31. The van der Waals surface area contributed by atoms with E-state index in [1.807, 2.05) is 0 Å². The molecule has 0 aromatic heterocycles. The van der Waals surface area contributed by atoms with Crippen LogP contribution in [0.4, 0.5) is 0 Å². The molecule has 3 aromatic carbocycles. The summed E-state index contributed by atoms with van der Waals surface area (Å²) in [5.41, 5.74) is 3.22. The molecular formula is C22H18Cl2N2O5S. The quantitative estimate of drug-likeness (QED) is 0.273. The zero-order valence-corrected chi connectivity index (χ0v) is 19.1. The fourth-order valence-corrected chi connectivity index (χ4v) is 3.82. The number of amides is 1. The molecule has 0 radical (unpaired) electrons. The summed E-state index contributed by atoms with van der Waals surface area (Å²) >= 11 is 11.8. The monoisotopic (exact) mass is 492 g/mol. The van der Waals surface area contributed by atoms with Crippen LogP contribution in [0.2, 0.25) is 10.0 Å². The van der Waals surface area contributed by atoms with Crippen molar-refractivity contribution >= 4 is 45.4 Å². The van der Waals surface area contributed by atoms with Gasteiger partial charge in [-0.3, -0.25) is 4.79 Å². The van der Waals surface area contributed by atoms with E-state index in [0.29, 0.717) is 16.1 Å². The molecule has 0 spiro atoms. The third-order valence-corrected chi connectivity index (χ3v) is 6.05. The summed E-state index contributed by atoms with van der Waals surface area (Å²) in [6, 6.07) is 16.8. The van der Waals surface area contributed by atoms with Crippen LogP contribution in [0, 0.1) is 0 Å². The smallest absolute Gasteiger partial charge is 0.339 e. The first-order valence-corrected chi connectivity index (χ1v) is 11.5. The highest BCUT2D eigenvalue weighted by Gasteiger charge is 2.19. The number of halogens is 2. The number of ether oxygens (including phenoxy) is 1. The van der Waals surface area contributed by atoms with Gasteiger partial charge < -0.3 is 8.92 Å². The summed E-state index contributed by atoms with van der Waals surface area (Å²) in [5.74, 6) is -0.224. The van der Waals surface area contributed by atoms with Gasteiger partial charge in [0, 0.05) is 5.56 Å². The lowest BCUT2D eigenvalue weighted by Gasteiger charge is -2.12. The van der Waals surface area contributed by atoms with Gasteiger partial charge in [0.15, 0.2) is 11.5 Å². The van der Waals surface area contributed by atoms with Crippen molar-refractivity contribution in [2.45, 2.75) is 11.8 Å². The van der Waals surface area contributed by atoms with E-state index in [2.05, 4.69) is 10.5 Å². The molecule has 0 aliphatic carbocycles. The highest BCUT2D eigenvalue weighted by molar-refractivity contribution is 7.87. The van der Waals surface area contributed by atoms with Crippen LogP contribution in [-0.4, -0.2) is 27.1 Å². The molecule has 10 heteroatoms. The van der Waals surface area contributed by atoms with Crippen molar-refractivity contribution in [2.75, 3.05) is 6.61 Å². The van der Waals surface area contributed by atoms with Crippen LogP contribution in [0.5, 0.6) is 11.5 Å². The maximum absolute atomic E-state index is 12.5. The van der Waals surface area contributed by atoms with Crippen molar-refractivity contribution in [3.05, 3.63) is 87.9 Å². The maximum atomic E-state index is 12.5. The minimum atomic E-state index is -4.02. The number of hydrazone groups is 1. The topological polar surface area (TPSA) is 94.1 Å². The van der Waals surface area contributed by atoms with Crippen LogP contribution in [0.25, 0.3) is 0 Å². The lowest BCUT2D eigenvalue weighted by Crippen LogP contribution is -2.17. The summed E-state index contributed by atoms with van der Waals surface area (Å²) < 4.78 is 35.8. The predicted molar refractivity (Wildman–Crippen MR) is 123 cm³/mol. The molecule has 0 fully saturated rings. The first-order valence-electron chi connectivity index (χ1n) is 9.35. The second-order valence-corrected chi connectivity index (χ2v) is 8.68. The van der Waals surface area contributed by atoms with Gasteiger partial charge in [0.25, 0.3) is 5.91 Å². The summed E-state index contributed by atoms with van der Waals surface area (Å²) in [6.07, 6.45) is 1.38. The molecule has 0 bridgehead atoms. The molecule has 0 heterocycles. The Bertz CT molecular complexity index is 1250. The van der Waals surface area contributed by atoms with E-state index in [0.717, 1.165) is 0 Å². The van der Waals surface area contributed by atoms with E-state index in [-0.39, 0.29) is 28.0 Å². The first kappa shape index (κ1) is 23.6. The molecule has 3 rings (SSSR count).